The molecule has 4 aromatic rings. The summed E-state index contributed by atoms with van der Waals surface area (Å²) in [5, 5.41) is 3.61. The highest BCUT2D eigenvalue weighted by atomic mass is 32.1. The number of carbonyl (C=O) groups excluding carboxylic acids is 2. The maximum atomic E-state index is 15.0. The molecule has 6 rings (SSSR count). The fourth-order valence-corrected chi connectivity index (χ4v) is 6.01. The van der Waals surface area contributed by atoms with Crippen molar-refractivity contribution >= 4 is 34.4 Å². The Morgan fingerprint density at radius 3 is 2.22 bits per heavy atom. The van der Waals surface area contributed by atoms with Gasteiger partial charge in [-0.3, -0.25) is 14.5 Å². The summed E-state index contributed by atoms with van der Waals surface area (Å²) in [5.41, 5.74) is 2.79. The van der Waals surface area contributed by atoms with Crippen molar-refractivity contribution in [2.75, 3.05) is 26.2 Å². The number of nitrogens with one attached hydrogen (secondary N) is 1. The molecule has 50 heavy (non-hydrogen) atoms. The molecule has 3 aromatic carbocycles. The van der Waals surface area contributed by atoms with Crippen LogP contribution in [0, 0.1) is 6.92 Å². The van der Waals surface area contributed by atoms with Gasteiger partial charge in [-0.15, -0.1) is 13.2 Å². The van der Waals surface area contributed by atoms with Crippen LogP contribution in [0.25, 0.3) is 11.0 Å². The molecule has 0 bridgehead atoms. The van der Waals surface area contributed by atoms with Gasteiger partial charge in [-0.05, 0) is 73.9 Å². The Kier molecular flexibility index (Phi) is 11.9. The maximum Gasteiger partial charge on any atom is 0.573 e. The number of amides is 2. The molecule has 0 unspecified atom stereocenters. The van der Waals surface area contributed by atoms with Crippen molar-refractivity contribution in [3.8, 4) is 11.5 Å². The van der Waals surface area contributed by atoms with Crippen LogP contribution >= 0.6 is 0 Å². The monoisotopic (exact) mass is 717 g/mol. The Bertz CT molecular complexity index is 1800. The lowest BCUT2D eigenvalue weighted by molar-refractivity contribution is -0.274. The lowest BCUT2D eigenvalue weighted by atomic mass is 10.0. The quantitative estimate of drug-likeness (QED) is 0.221. The number of hydrogen-bond acceptors (Lipinski definition) is 8. The fourth-order valence-electron chi connectivity index (χ4n) is 6.01. The van der Waals surface area contributed by atoms with Crippen molar-refractivity contribution in [1.82, 2.24) is 15.1 Å². The Hall–Kier alpha value is -4.76. The summed E-state index contributed by atoms with van der Waals surface area (Å²) in [6.45, 7) is 4.22. The van der Waals surface area contributed by atoms with Crippen molar-refractivity contribution in [1.29, 1.82) is 0 Å². The van der Waals surface area contributed by atoms with Crippen LogP contribution in [0.2, 0.25) is 0 Å². The molecule has 2 fully saturated rings. The lowest BCUT2D eigenvalue weighted by Gasteiger charge is -2.34. The summed E-state index contributed by atoms with van der Waals surface area (Å²) in [5.74, 6) is -0.182. The smallest absolute Gasteiger partial charge is 0.487 e. The fraction of sp³-hybridized carbons (Fsp3) is 0.371. The summed E-state index contributed by atoms with van der Waals surface area (Å²) in [4.78, 5) is 29.9. The van der Waals surface area contributed by atoms with E-state index in [1.54, 1.807) is 36.4 Å². The van der Waals surface area contributed by atoms with Gasteiger partial charge in [0.25, 0.3) is 11.8 Å². The van der Waals surface area contributed by atoms with Gasteiger partial charge < -0.3 is 24.1 Å². The number of benzene rings is 3. The average Bonchev–Trinajstić information content (AvgIpc) is 3.52. The minimum Gasteiger partial charge on any atom is -0.487 e. The van der Waals surface area contributed by atoms with Crippen LogP contribution in [-0.2, 0) is 18.1 Å². The Morgan fingerprint density at radius 1 is 0.920 bits per heavy atom. The van der Waals surface area contributed by atoms with Crippen molar-refractivity contribution in [2.24, 2.45) is 0 Å². The number of piperidine rings is 2. The molecule has 266 valence electrons. The Morgan fingerprint density at radius 2 is 1.58 bits per heavy atom. The zero-order valence-electron chi connectivity index (χ0n) is 27.0. The molecule has 15 heteroatoms. The highest BCUT2D eigenvalue weighted by molar-refractivity contribution is 7.51. The SMILES string of the molecule is Cc1ccc(O[C@H]2CCN(C(=O)c3ccc4oc(C(=O)NC5CCN(Cc6ccc(OC(F)(F)F)cc6)CC5)cc4c3)C[C@@H]2F)cc1.O=S=O. The van der Waals surface area contributed by atoms with Gasteiger partial charge in [0.1, 0.15) is 23.2 Å². The number of halogens is 4. The molecule has 3 heterocycles. The largest absolute Gasteiger partial charge is 0.573 e. The van der Waals surface area contributed by atoms with E-state index in [1.807, 2.05) is 31.2 Å². The van der Waals surface area contributed by atoms with Crippen LogP contribution in [0.5, 0.6) is 11.5 Å². The Labute approximate surface area is 288 Å². The molecule has 2 saturated heterocycles. The second-order valence-corrected chi connectivity index (χ2v) is 12.3. The molecule has 1 N–H and O–H groups in total. The molecule has 1 aromatic heterocycles. The van der Waals surface area contributed by atoms with Gasteiger partial charge in [0.05, 0.1) is 6.54 Å². The summed E-state index contributed by atoms with van der Waals surface area (Å²) in [6.07, 6.45) is -4.93. The van der Waals surface area contributed by atoms with E-state index in [9.17, 15) is 22.8 Å². The number of alkyl halides is 4. The van der Waals surface area contributed by atoms with Gasteiger partial charge in [-0.25, -0.2) is 4.39 Å². The molecule has 2 atom stereocenters. The molecule has 2 aliphatic rings. The van der Waals surface area contributed by atoms with Gasteiger partial charge >= 0.3 is 17.9 Å². The van der Waals surface area contributed by atoms with E-state index >= 15 is 4.39 Å². The van der Waals surface area contributed by atoms with E-state index in [4.69, 9.17) is 17.6 Å². The maximum absolute atomic E-state index is 15.0. The number of aryl methyl sites for hydroxylation is 1. The van der Waals surface area contributed by atoms with Gasteiger partial charge in [0, 0.05) is 49.6 Å². The first-order valence-electron chi connectivity index (χ1n) is 15.9. The van der Waals surface area contributed by atoms with Crippen molar-refractivity contribution in [3.05, 3.63) is 95.2 Å². The molecule has 2 aliphatic heterocycles. The predicted molar refractivity (Wildman–Crippen MR) is 175 cm³/mol. The standard InChI is InChI=1S/C35H35F4N3O5.O2S/c1-22-2-7-27(8-3-22)45-31-14-17-42(21-29(31)36)34(44)24-6-11-30-25(18-24)19-32(46-30)33(43)40-26-12-15-41(16-13-26)20-23-4-9-28(10-5-23)47-35(37,38)39;1-3-2/h2-11,18-19,26,29,31H,12-17,20-21H2,1H3,(H,40,43);/t29-,31-;/m0./s1. The molecule has 0 saturated carbocycles. The summed E-state index contributed by atoms with van der Waals surface area (Å²) in [7, 11) is 0. The average molecular weight is 718 g/mol. The summed E-state index contributed by atoms with van der Waals surface area (Å²) >= 11 is -0.750. The molecule has 10 nitrogen and oxygen atoms in total. The number of hydrogen-bond donors (Lipinski definition) is 1. The van der Waals surface area contributed by atoms with E-state index in [1.165, 1.54) is 17.0 Å². The molecule has 0 aliphatic carbocycles. The first kappa shape index (κ1) is 36.5. The van der Waals surface area contributed by atoms with Crippen LogP contribution in [0.3, 0.4) is 0 Å². The number of rotatable bonds is 8. The second kappa shape index (κ2) is 16.3. The Balaban J connectivity index is 0.00000156. The second-order valence-electron chi connectivity index (χ2n) is 12.2. The van der Waals surface area contributed by atoms with E-state index in [2.05, 4.69) is 15.0 Å². The van der Waals surface area contributed by atoms with Crippen LogP contribution in [0.4, 0.5) is 17.6 Å². The van der Waals surface area contributed by atoms with Crippen molar-refractivity contribution in [3.63, 3.8) is 0 Å². The van der Waals surface area contributed by atoms with E-state index in [-0.39, 0.29) is 35.9 Å². The number of likely N-dealkylation sites (tertiary alicyclic amines) is 2. The third-order valence-electron chi connectivity index (χ3n) is 8.55. The first-order chi connectivity index (χ1) is 23.9. The number of carbonyl (C=O) groups is 2. The van der Waals surface area contributed by atoms with Gasteiger partial charge in [-0.2, -0.15) is 8.42 Å². The highest BCUT2D eigenvalue weighted by Gasteiger charge is 2.34. The van der Waals surface area contributed by atoms with E-state index in [0.717, 1.165) is 11.1 Å². The van der Waals surface area contributed by atoms with Gasteiger partial charge in [0.2, 0.25) is 0 Å². The van der Waals surface area contributed by atoms with Crippen LogP contribution in [0.1, 0.15) is 51.3 Å². The number of ether oxygens (including phenoxy) is 2. The van der Waals surface area contributed by atoms with Crippen molar-refractivity contribution in [2.45, 2.75) is 57.4 Å². The van der Waals surface area contributed by atoms with Crippen LogP contribution < -0.4 is 14.8 Å². The minimum absolute atomic E-state index is 0.0711. The molecule has 0 radical (unpaired) electrons. The molecule has 2 amide bonds. The number of nitrogens with zero attached hydrogens (tertiary/aromatic N) is 2. The predicted octanol–water partition coefficient (Wildman–Crippen LogP) is 6.00. The third kappa shape index (κ3) is 9.91. The van der Waals surface area contributed by atoms with Crippen LogP contribution in [-0.4, -0.2) is 80.9 Å². The van der Waals surface area contributed by atoms with Crippen molar-refractivity contribution < 1.29 is 49.5 Å². The van der Waals surface area contributed by atoms with Gasteiger partial charge in [-0.1, -0.05) is 29.8 Å². The summed E-state index contributed by atoms with van der Waals surface area (Å²) < 4.78 is 84.4. The third-order valence-corrected chi connectivity index (χ3v) is 8.55. The summed E-state index contributed by atoms with van der Waals surface area (Å²) in [6, 6.07) is 19.7. The topological polar surface area (TPSA) is 118 Å². The lowest BCUT2D eigenvalue weighted by Crippen LogP contribution is -2.49. The van der Waals surface area contributed by atoms with E-state index < -0.39 is 30.2 Å². The van der Waals surface area contributed by atoms with E-state index in [0.29, 0.717) is 67.7 Å². The number of fused-ring (bicyclic) bond motifs is 1. The molecular formula is C35H35F4N3O7S. The number of furan rings is 1. The van der Waals surface area contributed by atoms with Crippen LogP contribution in [0.15, 0.2) is 77.2 Å². The molecular weight excluding hydrogens is 682 g/mol. The van der Waals surface area contributed by atoms with Gasteiger partial charge in [0.15, 0.2) is 11.9 Å². The zero-order valence-corrected chi connectivity index (χ0v) is 27.8. The highest BCUT2D eigenvalue weighted by Crippen LogP contribution is 2.27. The first-order valence-corrected chi connectivity index (χ1v) is 16.6. The molecule has 0 spiro atoms. The normalized spacial score (nSPS) is 18.5. The minimum atomic E-state index is -4.73. The zero-order chi connectivity index (χ0) is 35.8.